The summed E-state index contributed by atoms with van der Waals surface area (Å²) in [7, 11) is -3.34. The fourth-order valence-electron chi connectivity index (χ4n) is 1.68. The fourth-order valence-corrected chi connectivity index (χ4v) is 3.88. The fraction of sp³-hybridized carbons (Fsp3) is 0.231. The summed E-state index contributed by atoms with van der Waals surface area (Å²) < 4.78 is 26.5. The number of rotatable bonds is 6. The van der Waals surface area contributed by atoms with Crippen LogP contribution in [0, 0.1) is 0 Å². The largest absolute Gasteiger partial charge is 0.283 e. The minimum atomic E-state index is -3.34. The molecule has 2 aromatic rings. The third-order valence-electron chi connectivity index (χ3n) is 2.53. The molecule has 6 heteroatoms. The van der Waals surface area contributed by atoms with Gasteiger partial charge >= 0.3 is 0 Å². The van der Waals surface area contributed by atoms with Crippen molar-refractivity contribution in [3.63, 3.8) is 0 Å². The van der Waals surface area contributed by atoms with Crippen LogP contribution in [0.3, 0.4) is 0 Å². The average Bonchev–Trinajstić information content (AvgIpc) is 2.90. The molecule has 0 aliphatic heterocycles. The number of anilines is 1. The Bertz CT molecular complexity index is 624. The molecule has 0 fully saturated rings. The van der Waals surface area contributed by atoms with Gasteiger partial charge < -0.3 is 0 Å². The van der Waals surface area contributed by atoms with E-state index in [1.807, 2.05) is 35.7 Å². The monoisotopic (exact) mass is 315 g/mol. The van der Waals surface area contributed by atoms with E-state index >= 15 is 0 Å². The van der Waals surface area contributed by atoms with Gasteiger partial charge in [-0.2, -0.15) is 0 Å². The van der Waals surface area contributed by atoms with Crippen molar-refractivity contribution in [3.05, 3.63) is 41.8 Å². The lowest BCUT2D eigenvalue weighted by Gasteiger charge is -2.11. The lowest BCUT2D eigenvalue weighted by atomic mass is 10.1. The molecule has 0 aliphatic carbocycles. The Morgan fingerprint density at radius 3 is 2.63 bits per heavy atom. The van der Waals surface area contributed by atoms with Crippen LogP contribution >= 0.6 is 22.9 Å². The lowest BCUT2D eigenvalue weighted by Crippen LogP contribution is -2.17. The molecule has 102 valence electrons. The van der Waals surface area contributed by atoms with Crippen molar-refractivity contribution in [1.82, 2.24) is 0 Å². The van der Waals surface area contributed by atoms with Crippen LogP contribution in [0.5, 0.6) is 0 Å². The molecule has 1 aromatic heterocycles. The number of nitrogens with one attached hydrogen (secondary N) is 1. The number of hydrogen-bond acceptors (Lipinski definition) is 3. The SMILES string of the molecule is O=S(=O)(CCCCl)Nc1ccccc1-c1cccs1. The van der Waals surface area contributed by atoms with Crippen LogP contribution in [0.1, 0.15) is 6.42 Å². The van der Waals surface area contributed by atoms with Gasteiger partial charge in [-0.3, -0.25) is 4.72 Å². The van der Waals surface area contributed by atoms with Crippen LogP contribution in [-0.4, -0.2) is 20.1 Å². The van der Waals surface area contributed by atoms with Crippen LogP contribution in [0.2, 0.25) is 0 Å². The first-order chi connectivity index (χ1) is 9.12. The first kappa shape index (κ1) is 14.4. The van der Waals surface area contributed by atoms with Gasteiger partial charge in [0.25, 0.3) is 0 Å². The number of thiophene rings is 1. The molecule has 3 nitrogen and oxygen atoms in total. The molecule has 1 aromatic carbocycles. The van der Waals surface area contributed by atoms with Gasteiger partial charge in [0, 0.05) is 16.3 Å². The molecule has 0 bridgehead atoms. The quantitative estimate of drug-likeness (QED) is 0.824. The Kier molecular flexibility index (Phi) is 4.85. The maximum absolute atomic E-state index is 11.9. The summed E-state index contributed by atoms with van der Waals surface area (Å²) in [5, 5.41) is 1.97. The highest BCUT2D eigenvalue weighted by atomic mass is 35.5. The van der Waals surface area contributed by atoms with E-state index < -0.39 is 10.0 Å². The van der Waals surface area contributed by atoms with Crippen LogP contribution in [0.25, 0.3) is 10.4 Å². The Hall–Kier alpha value is -1.04. The van der Waals surface area contributed by atoms with Gasteiger partial charge in [0.2, 0.25) is 10.0 Å². The highest BCUT2D eigenvalue weighted by Gasteiger charge is 2.13. The summed E-state index contributed by atoms with van der Waals surface area (Å²) in [5.41, 5.74) is 1.51. The predicted octanol–water partition coefficient (Wildman–Crippen LogP) is 3.79. The molecular formula is C13H14ClNO2S2. The molecule has 2 rings (SSSR count). The Balaban J connectivity index is 2.26. The molecular weight excluding hydrogens is 302 g/mol. The van der Waals surface area contributed by atoms with E-state index in [-0.39, 0.29) is 5.75 Å². The maximum Gasteiger partial charge on any atom is 0.232 e. The highest BCUT2D eigenvalue weighted by Crippen LogP contribution is 2.31. The minimum Gasteiger partial charge on any atom is -0.283 e. The van der Waals surface area contributed by atoms with E-state index in [0.29, 0.717) is 18.0 Å². The van der Waals surface area contributed by atoms with Crippen LogP contribution in [0.4, 0.5) is 5.69 Å². The summed E-state index contributed by atoms with van der Waals surface area (Å²) in [6.07, 6.45) is 0.443. The average molecular weight is 316 g/mol. The van der Waals surface area contributed by atoms with Crippen molar-refractivity contribution < 1.29 is 8.42 Å². The van der Waals surface area contributed by atoms with E-state index in [4.69, 9.17) is 11.6 Å². The minimum absolute atomic E-state index is 0.0370. The summed E-state index contributed by atoms with van der Waals surface area (Å²) in [6.45, 7) is 0. The van der Waals surface area contributed by atoms with Gasteiger partial charge in [-0.1, -0.05) is 24.3 Å². The molecule has 1 heterocycles. The number of para-hydroxylation sites is 1. The van der Waals surface area contributed by atoms with Gasteiger partial charge in [-0.05, 0) is 23.9 Å². The molecule has 0 spiro atoms. The number of benzene rings is 1. The Labute approximate surface area is 122 Å². The molecule has 1 N–H and O–H groups in total. The van der Waals surface area contributed by atoms with Crippen molar-refractivity contribution in [2.45, 2.75) is 6.42 Å². The van der Waals surface area contributed by atoms with Crippen LogP contribution in [0.15, 0.2) is 41.8 Å². The van der Waals surface area contributed by atoms with Crippen LogP contribution in [-0.2, 0) is 10.0 Å². The number of halogens is 1. The summed E-state index contributed by atoms with van der Waals surface area (Å²) in [5.74, 6) is 0.378. The molecule has 0 saturated carbocycles. The van der Waals surface area contributed by atoms with Crippen molar-refractivity contribution in [3.8, 4) is 10.4 Å². The number of hydrogen-bond donors (Lipinski definition) is 1. The van der Waals surface area contributed by atoms with Gasteiger partial charge in [-0.25, -0.2) is 8.42 Å². The maximum atomic E-state index is 11.9. The summed E-state index contributed by atoms with van der Waals surface area (Å²) in [6, 6.07) is 11.3. The van der Waals surface area contributed by atoms with E-state index in [9.17, 15) is 8.42 Å². The second kappa shape index (κ2) is 6.41. The predicted molar refractivity (Wildman–Crippen MR) is 82.5 cm³/mol. The third kappa shape index (κ3) is 3.96. The van der Waals surface area contributed by atoms with Crippen molar-refractivity contribution in [2.75, 3.05) is 16.4 Å². The van der Waals surface area contributed by atoms with E-state index in [1.165, 1.54) is 0 Å². The molecule has 0 saturated heterocycles. The normalized spacial score (nSPS) is 11.4. The van der Waals surface area contributed by atoms with Gasteiger partial charge in [0.1, 0.15) is 0 Å². The zero-order chi connectivity index (χ0) is 13.7. The molecule has 0 aliphatic rings. The van der Waals surface area contributed by atoms with E-state index in [2.05, 4.69) is 4.72 Å². The first-order valence-corrected chi connectivity index (χ1v) is 8.88. The molecule has 0 unspecified atom stereocenters. The topological polar surface area (TPSA) is 46.2 Å². The summed E-state index contributed by atoms with van der Waals surface area (Å²) >= 11 is 7.11. The zero-order valence-electron chi connectivity index (χ0n) is 10.2. The van der Waals surface area contributed by atoms with Crippen molar-refractivity contribution in [2.24, 2.45) is 0 Å². The zero-order valence-corrected chi connectivity index (χ0v) is 12.6. The van der Waals surface area contributed by atoms with Gasteiger partial charge in [0.15, 0.2) is 0 Å². The molecule has 0 atom stereocenters. The number of sulfonamides is 1. The van der Waals surface area contributed by atoms with Gasteiger partial charge in [-0.15, -0.1) is 22.9 Å². The van der Waals surface area contributed by atoms with Crippen molar-refractivity contribution >= 4 is 38.6 Å². The van der Waals surface area contributed by atoms with Gasteiger partial charge in [0.05, 0.1) is 11.4 Å². The third-order valence-corrected chi connectivity index (χ3v) is 5.05. The molecule has 0 radical (unpaired) electrons. The van der Waals surface area contributed by atoms with E-state index in [1.54, 1.807) is 17.4 Å². The summed E-state index contributed by atoms with van der Waals surface area (Å²) in [4.78, 5) is 1.04. The Morgan fingerprint density at radius 2 is 1.95 bits per heavy atom. The molecule has 19 heavy (non-hydrogen) atoms. The standard InChI is InChI=1S/C13H14ClNO2S2/c14-8-4-10-19(16,17)15-12-6-2-1-5-11(12)13-7-3-9-18-13/h1-3,5-7,9,15H,4,8,10H2. The highest BCUT2D eigenvalue weighted by molar-refractivity contribution is 7.92. The molecule has 0 amide bonds. The number of alkyl halides is 1. The second-order valence-corrected chi connectivity index (χ2v) is 7.15. The van der Waals surface area contributed by atoms with Crippen LogP contribution < -0.4 is 4.72 Å². The smallest absolute Gasteiger partial charge is 0.232 e. The second-order valence-electron chi connectivity index (χ2n) is 3.99. The Morgan fingerprint density at radius 1 is 1.16 bits per heavy atom. The lowest BCUT2D eigenvalue weighted by molar-refractivity contribution is 0.600. The van der Waals surface area contributed by atoms with Crippen molar-refractivity contribution in [1.29, 1.82) is 0 Å². The van der Waals surface area contributed by atoms with E-state index in [0.717, 1.165) is 10.4 Å². The first-order valence-electron chi connectivity index (χ1n) is 5.82.